The minimum atomic E-state index is -0.813. The van der Waals surface area contributed by atoms with Gasteiger partial charge in [-0.15, -0.1) is 0 Å². The summed E-state index contributed by atoms with van der Waals surface area (Å²) in [5.41, 5.74) is 1.60. The Hall–Kier alpha value is -3.03. The molecule has 2 amide bonds. The molecule has 2 aromatic carbocycles. The number of halogens is 1. The van der Waals surface area contributed by atoms with Crippen LogP contribution in [0.25, 0.3) is 22.1 Å². The number of ether oxygens (including phenoxy) is 2. The molecule has 1 aromatic heterocycles. The summed E-state index contributed by atoms with van der Waals surface area (Å²) in [4.78, 5) is 26.8. The summed E-state index contributed by atoms with van der Waals surface area (Å²) in [6, 6.07) is 13.2. The van der Waals surface area contributed by atoms with E-state index in [1.807, 2.05) is 82.0 Å². The van der Waals surface area contributed by atoms with Crippen molar-refractivity contribution in [3.05, 3.63) is 58.8 Å². The zero-order valence-corrected chi connectivity index (χ0v) is 21.5. The normalized spacial score (nSPS) is 14.7. The summed E-state index contributed by atoms with van der Waals surface area (Å²) in [5.74, 6) is 0.566. The van der Waals surface area contributed by atoms with Gasteiger partial charge in [0.2, 0.25) is 0 Å². The molecular formula is C27H31ClN2O5. The van der Waals surface area contributed by atoms with Crippen LogP contribution in [0.2, 0.25) is 5.02 Å². The van der Waals surface area contributed by atoms with Crippen LogP contribution in [0.5, 0.6) is 0 Å². The Morgan fingerprint density at radius 3 is 2.26 bits per heavy atom. The minimum Gasteiger partial charge on any atom is -0.457 e. The Balaban J connectivity index is 1.56. The van der Waals surface area contributed by atoms with E-state index in [1.165, 1.54) is 0 Å². The highest BCUT2D eigenvalue weighted by Gasteiger charge is 2.30. The molecule has 7 nitrogen and oxygen atoms in total. The first-order valence-corrected chi connectivity index (χ1v) is 12.0. The van der Waals surface area contributed by atoms with Crippen molar-refractivity contribution in [2.24, 2.45) is 0 Å². The van der Waals surface area contributed by atoms with Gasteiger partial charge in [0.25, 0.3) is 5.91 Å². The van der Waals surface area contributed by atoms with Crippen LogP contribution in [0.15, 0.2) is 46.9 Å². The molecule has 1 aliphatic heterocycles. The number of furan rings is 1. The number of carbonyl (C=O) groups is 2. The van der Waals surface area contributed by atoms with Gasteiger partial charge < -0.3 is 24.1 Å². The number of hydrogen-bond donors (Lipinski definition) is 1. The molecule has 186 valence electrons. The fourth-order valence-electron chi connectivity index (χ4n) is 3.96. The van der Waals surface area contributed by atoms with Gasteiger partial charge in [0.1, 0.15) is 11.4 Å². The molecular weight excluding hydrogens is 468 g/mol. The SMILES string of the molecule is CC(C)(C)OC(=O)NC(C)(C)c1cc2cc(-c3ccc(C(=O)N4CCOCC4)cc3)cc(Cl)c2o1. The molecule has 0 spiro atoms. The number of nitrogens with zero attached hydrogens (tertiary/aromatic N) is 1. The summed E-state index contributed by atoms with van der Waals surface area (Å²) in [6.07, 6.45) is -0.526. The molecule has 8 heteroatoms. The third kappa shape index (κ3) is 5.80. The maximum atomic E-state index is 12.7. The fraction of sp³-hybridized carbons (Fsp3) is 0.407. The summed E-state index contributed by atoms with van der Waals surface area (Å²) >= 11 is 6.57. The Bertz CT molecular complexity index is 1230. The van der Waals surface area contributed by atoms with E-state index in [-0.39, 0.29) is 5.91 Å². The molecule has 1 fully saturated rings. The van der Waals surface area contributed by atoms with Gasteiger partial charge in [-0.2, -0.15) is 0 Å². The van der Waals surface area contributed by atoms with Gasteiger partial charge >= 0.3 is 6.09 Å². The third-order valence-electron chi connectivity index (χ3n) is 5.76. The number of benzene rings is 2. The fourth-order valence-corrected chi connectivity index (χ4v) is 4.22. The molecule has 0 saturated carbocycles. The number of morpholine rings is 1. The Morgan fingerprint density at radius 2 is 1.63 bits per heavy atom. The summed E-state index contributed by atoms with van der Waals surface area (Å²) < 4.78 is 16.8. The number of hydrogen-bond acceptors (Lipinski definition) is 5. The molecule has 1 saturated heterocycles. The number of rotatable bonds is 4. The summed E-state index contributed by atoms with van der Waals surface area (Å²) in [7, 11) is 0. The minimum absolute atomic E-state index is 0.00697. The van der Waals surface area contributed by atoms with Gasteiger partial charge in [0.15, 0.2) is 5.58 Å². The van der Waals surface area contributed by atoms with Gasteiger partial charge in [0.05, 0.1) is 23.8 Å². The van der Waals surface area contributed by atoms with Gasteiger partial charge in [0, 0.05) is 24.0 Å². The van der Waals surface area contributed by atoms with Crippen molar-refractivity contribution >= 4 is 34.6 Å². The second-order valence-electron chi connectivity index (χ2n) is 10.2. The molecule has 0 atom stereocenters. The van der Waals surface area contributed by atoms with Crippen LogP contribution < -0.4 is 5.32 Å². The van der Waals surface area contributed by atoms with Crippen molar-refractivity contribution in [3.8, 4) is 11.1 Å². The van der Waals surface area contributed by atoms with E-state index in [0.717, 1.165) is 16.5 Å². The smallest absolute Gasteiger partial charge is 0.408 e. The Morgan fingerprint density at radius 1 is 0.971 bits per heavy atom. The molecule has 0 unspecified atom stereocenters. The van der Waals surface area contributed by atoms with Crippen molar-refractivity contribution in [2.45, 2.75) is 45.8 Å². The number of nitrogens with one attached hydrogen (secondary N) is 1. The van der Waals surface area contributed by atoms with E-state index in [1.54, 1.807) is 0 Å². The maximum Gasteiger partial charge on any atom is 0.408 e. The molecule has 2 heterocycles. The zero-order chi connectivity index (χ0) is 25.4. The molecule has 0 aliphatic carbocycles. The lowest BCUT2D eigenvalue weighted by molar-refractivity contribution is 0.0303. The quantitative estimate of drug-likeness (QED) is 0.478. The van der Waals surface area contributed by atoms with E-state index >= 15 is 0 Å². The molecule has 4 rings (SSSR count). The second kappa shape index (κ2) is 9.55. The summed E-state index contributed by atoms with van der Waals surface area (Å²) in [6.45, 7) is 11.5. The molecule has 35 heavy (non-hydrogen) atoms. The number of fused-ring (bicyclic) bond motifs is 1. The lowest BCUT2D eigenvalue weighted by Gasteiger charge is -2.27. The number of amides is 2. The first-order chi connectivity index (χ1) is 16.4. The predicted molar refractivity (Wildman–Crippen MR) is 136 cm³/mol. The zero-order valence-electron chi connectivity index (χ0n) is 20.7. The highest BCUT2D eigenvalue weighted by atomic mass is 35.5. The van der Waals surface area contributed by atoms with Gasteiger partial charge in [-0.25, -0.2) is 4.79 Å². The largest absolute Gasteiger partial charge is 0.457 e. The number of alkyl carbamates (subject to hydrolysis) is 1. The van der Waals surface area contributed by atoms with Crippen LogP contribution in [0.3, 0.4) is 0 Å². The lowest BCUT2D eigenvalue weighted by Crippen LogP contribution is -2.43. The first kappa shape index (κ1) is 25.1. The molecule has 1 aliphatic rings. The van der Waals surface area contributed by atoms with Gasteiger partial charge in [-0.1, -0.05) is 23.7 Å². The second-order valence-corrected chi connectivity index (χ2v) is 10.6. The standard InChI is InChI=1S/C27H31ClN2O5/c1-26(2,3)35-25(32)29-27(4,5)22-16-20-14-19(15-21(28)23(20)34-22)17-6-8-18(9-7-17)24(31)30-10-12-33-13-11-30/h6-9,14-16H,10-13H2,1-5H3,(H,29,32). The van der Waals surface area contributed by atoms with Crippen LogP contribution >= 0.6 is 11.6 Å². The maximum absolute atomic E-state index is 12.7. The van der Waals surface area contributed by atoms with E-state index in [9.17, 15) is 9.59 Å². The monoisotopic (exact) mass is 498 g/mol. The van der Waals surface area contributed by atoms with Crippen LogP contribution in [0.4, 0.5) is 4.79 Å². The van der Waals surface area contributed by atoms with E-state index in [2.05, 4.69) is 5.32 Å². The topological polar surface area (TPSA) is 81.0 Å². The lowest BCUT2D eigenvalue weighted by atomic mass is 10.00. The highest BCUT2D eigenvalue weighted by Crippen LogP contribution is 2.36. The van der Waals surface area contributed by atoms with Crippen molar-refractivity contribution in [1.82, 2.24) is 10.2 Å². The molecule has 1 N–H and O–H groups in total. The predicted octanol–water partition coefficient (Wildman–Crippen LogP) is 5.99. The van der Waals surface area contributed by atoms with E-state index < -0.39 is 17.2 Å². The first-order valence-electron chi connectivity index (χ1n) is 11.7. The van der Waals surface area contributed by atoms with Gasteiger partial charge in [-0.3, -0.25) is 4.79 Å². The van der Waals surface area contributed by atoms with Crippen LogP contribution in [-0.2, 0) is 15.0 Å². The van der Waals surface area contributed by atoms with E-state index in [0.29, 0.717) is 48.2 Å². The van der Waals surface area contributed by atoms with Crippen LogP contribution in [0, 0.1) is 0 Å². The highest BCUT2D eigenvalue weighted by molar-refractivity contribution is 6.35. The number of carbonyl (C=O) groups excluding carboxylic acids is 2. The molecule has 0 bridgehead atoms. The molecule has 0 radical (unpaired) electrons. The molecule has 3 aromatic rings. The Kier molecular flexibility index (Phi) is 6.84. The Labute approximate surface area is 210 Å². The van der Waals surface area contributed by atoms with E-state index in [4.69, 9.17) is 25.5 Å². The van der Waals surface area contributed by atoms with Crippen molar-refractivity contribution < 1.29 is 23.5 Å². The average molecular weight is 499 g/mol. The average Bonchev–Trinajstić information content (AvgIpc) is 3.24. The van der Waals surface area contributed by atoms with Crippen LogP contribution in [0.1, 0.15) is 50.7 Å². The summed E-state index contributed by atoms with van der Waals surface area (Å²) in [5, 5.41) is 4.14. The third-order valence-corrected chi connectivity index (χ3v) is 6.04. The van der Waals surface area contributed by atoms with Crippen molar-refractivity contribution in [2.75, 3.05) is 26.3 Å². The van der Waals surface area contributed by atoms with Crippen LogP contribution in [-0.4, -0.2) is 48.8 Å². The van der Waals surface area contributed by atoms with Crippen molar-refractivity contribution in [1.29, 1.82) is 0 Å². The van der Waals surface area contributed by atoms with Gasteiger partial charge in [-0.05, 0) is 76.1 Å². The van der Waals surface area contributed by atoms with Crippen molar-refractivity contribution in [3.63, 3.8) is 0 Å².